The first-order valence-electron chi connectivity index (χ1n) is 11.5. The second kappa shape index (κ2) is 9.38. The van der Waals surface area contributed by atoms with Crippen molar-refractivity contribution in [3.63, 3.8) is 0 Å². The fourth-order valence-corrected chi connectivity index (χ4v) is 8.66. The van der Waals surface area contributed by atoms with Crippen molar-refractivity contribution in [3.05, 3.63) is 7.43 Å². The van der Waals surface area contributed by atoms with Gasteiger partial charge in [0.1, 0.15) is 0 Å². The summed E-state index contributed by atoms with van der Waals surface area (Å²) < 4.78 is 0. The number of fused-ring (bicyclic) bond motifs is 5. The molecule has 4 saturated carbocycles. The average Bonchev–Trinajstić information content (AvgIpc) is 2.98. The van der Waals surface area contributed by atoms with Crippen molar-refractivity contribution < 1.29 is 34.8 Å². The molecule has 4 aliphatic rings. The minimum Gasteiger partial charge on any atom is -0.542 e. The van der Waals surface area contributed by atoms with Gasteiger partial charge in [0.2, 0.25) is 0 Å². The third kappa shape index (κ3) is 4.05. The van der Waals surface area contributed by atoms with E-state index in [1.807, 2.05) is 0 Å². The van der Waals surface area contributed by atoms with Crippen molar-refractivity contribution >= 4 is 6.29 Å². The summed E-state index contributed by atoms with van der Waals surface area (Å²) in [6.45, 7) is 7.31. The Morgan fingerprint density at radius 3 is 2.34 bits per heavy atom. The van der Waals surface area contributed by atoms with Crippen LogP contribution in [0.3, 0.4) is 0 Å². The van der Waals surface area contributed by atoms with Crippen LogP contribution in [0.5, 0.6) is 0 Å². The van der Waals surface area contributed by atoms with Crippen LogP contribution in [-0.2, 0) is 24.6 Å². The zero-order valence-electron chi connectivity index (χ0n) is 18.8. The molecule has 0 radical (unpaired) electrons. The number of hydrogen-bond acceptors (Lipinski definition) is 3. The molecule has 4 rings (SSSR count). The number of aliphatic hydroxyl groups excluding tert-OH is 2. The van der Waals surface area contributed by atoms with Crippen LogP contribution in [0.1, 0.15) is 85.0 Å². The second-order valence-electron chi connectivity index (χ2n) is 11.1. The molecule has 29 heavy (non-hydrogen) atoms. The predicted molar refractivity (Wildman–Crippen MR) is 113 cm³/mol. The fourth-order valence-electron chi connectivity index (χ4n) is 8.66. The van der Waals surface area contributed by atoms with Gasteiger partial charge < -0.3 is 22.4 Å². The molecule has 0 spiro atoms. The van der Waals surface area contributed by atoms with E-state index in [2.05, 4.69) is 27.1 Å². The molecule has 0 amide bonds. The van der Waals surface area contributed by atoms with Crippen molar-refractivity contribution in [2.45, 2.75) is 97.2 Å². The molecule has 0 aliphatic heterocycles. The van der Waals surface area contributed by atoms with E-state index in [9.17, 15) is 15.0 Å². The van der Waals surface area contributed by atoms with Gasteiger partial charge in [-0.05, 0) is 97.7 Å². The standard InChI is InChI=1S/C24H39O3.CH3.Os/c1-15(5-4-12-25)18-6-7-19-22-20(9-11-24(18,19)3)23(2)10-8-17(26)13-16(23)14-21(22)27;;/h15-22,26-27H,4-11,13-14H2,1-3H3;1H3;/q2*-1;+2/t15-,16+,17-,18-,19+,20?,21+,22+,23+,24-;;/m1../s1. The van der Waals surface area contributed by atoms with E-state index in [0.29, 0.717) is 52.8 Å². The quantitative estimate of drug-likeness (QED) is 0.463. The van der Waals surface area contributed by atoms with Crippen LogP contribution in [0, 0.1) is 53.8 Å². The molecular formula is C25H42O3Os. The van der Waals surface area contributed by atoms with E-state index in [1.165, 1.54) is 25.7 Å². The van der Waals surface area contributed by atoms with Gasteiger partial charge in [0.25, 0.3) is 0 Å². The van der Waals surface area contributed by atoms with Crippen molar-refractivity contribution in [2.24, 2.45) is 46.3 Å². The molecule has 4 fully saturated rings. The third-order valence-corrected chi connectivity index (χ3v) is 10.1. The Hall–Kier alpha value is 0.226. The molecule has 0 aromatic rings. The molecule has 168 valence electrons. The summed E-state index contributed by atoms with van der Waals surface area (Å²) in [5.41, 5.74) is 0.627. The zero-order chi connectivity index (χ0) is 19.4. The number of rotatable bonds is 4. The number of hydrogen-bond donors (Lipinski definition) is 2. The van der Waals surface area contributed by atoms with Gasteiger partial charge in [-0.25, -0.2) is 0 Å². The molecule has 0 saturated heterocycles. The molecule has 0 heterocycles. The fraction of sp³-hybridized carbons (Fsp3) is 0.920. The Kier molecular flexibility index (Phi) is 8.24. The third-order valence-electron chi connectivity index (χ3n) is 10.1. The Bertz CT molecular complexity index is 568. The first-order chi connectivity index (χ1) is 12.8. The summed E-state index contributed by atoms with van der Waals surface area (Å²) in [7, 11) is 0. The van der Waals surface area contributed by atoms with E-state index in [1.54, 1.807) is 0 Å². The summed E-state index contributed by atoms with van der Waals surface area (Å²) in [5, 5.41) is 21.4. The Morgan fingerprint density at radius 2 is 1.66 bits per heavy atom. The zero-order valence-corrected chi connectivity index (χ0v) is 21.4. The Morgan fingerprint density at radius 1 is 1.00 bits per heavy atom. The molecular weight excluding hydrogens is 539 g/mol. The Balaban J connectivity index is 0.00000150. The van der Waals surface area contributed by atoms with Crippen LogP contribution >= 0.6 is 0 Å². The van der Waals surface area contributed by atoms with E-state index >= 15 is 0 Å². The van der Waals surface area contributed by atoms with Crippen molar-refractivity contribution in [1.82, 2.24) is 0 Å². The average molecular weight is 581 g/mol. The summed E-state index contributed by atoms with van der Waals surface area (Å²) in [4.78, 5) is 10.7. The first kappa shape index (κ1) is 25.5. The smallest absolute Gasteiger partial charge is 0.542 e. The summed E-state index contributed by atoms with van der Waals surface area (Å²) in [5.74, 6) is 3.43. The Labute approximate surface area is 191 Å². The van der Waals surface area contributed by atoms with Crippen LogP contribution in [0.4, 0.5) is 0 Å². The predicted octanol–water partition coefficient (Wildman–Crippen LogP) is 4.95. The van der Waals surface area contributed by atoms with Crippen LogP contribution in [-0.4, -0.2) is 28.7 Å². The van der Waals surface area contributed by atoms with Crippen molar-refractivity contribution in [1.29, 1.82) is 0 Å². The summed E-state index contributed by atoms with van der Waals surface area (Å²) >= 11 is 0. The maximum absolute atomic E-state index is 11.2. The van der Waals surface area contributed by atoms with E-state index in [0.717, 1.165) is 32.1 Å². The molecule has 4 aliphatic carbocycles. The largest absolute Gasteiger partial charge is 2.00 e. The normalized spacial score (nSPS) is 49.5. The van der Waals surface area contributed by atoms with Gasteiger partial charge >= 0.3 is 19.8 Å². The monoisotopic (exact) mass is 582 g/mol. The number of aliphatic hydroxyl groups is 2. The van der Waals surface area contributed by atoms with E-state index in [-0.39, 0.29) is 39.4 Å². The van der Waals surface area contributed by atoms with Gasteiger partial charge in [-0.1, -0.05) is 27.2 Å². The van der Waals surface area contributed by atoms with Crippen LogP contribution in [0.25, 0.3) is 0 Å². The molecule has 0 aromatic carbocycles. The van der Waals surface area contributed by atoms with Crippen LogP contribution in [0.2, 0.25) is 0 Å². The van der Waals surface area contributed by atoms with Crippen molar-refractivity contribution in [2.75, 3.05) is 0 Å². The van der Waals surface area contributed by atoms with Gasteiger partial charge in [0.05, 0.1) is 12.2 Å². The van der Waals surface area contributed by atoms with Gasteiger partial charge in [-0.3, -0.25) is 6.29 Å². The van der Waals surface area contributed by atoms with Crippen LogP contribution in [0.15, 0.2) is 0 Å². The van der Waals surface area contributed by atoms with Gasteiger partial charge in [0, 0.05) is 0 Å². The van der Waals surface area contributed by atoms with E-state index < -0.39 is 0 Å². The molecule has 3 nitrogen and oxygen atoms in total. The first-order valence-corrected chi connectivity index (χ1v) is 11.5. The molecule has 0 bridgehead atoms. The van der Waals surface area contributed by atoms with Crippen molar-refractivity contribution in [3.8, 4) is 0 Å². The maximum Gasteiger partial charge on any atom is 2.00 e. The number of carbonyl (C=O) groups excluding carboxylic acids is 1. The minimum atomic E-state index is -0.194. The topological polar surface area (TPSA) is 57.5 Å². The van der Waals surface area contributed by atoms with Gasteiger partial charge in [-0.15, -0.1) is 0 Å². The summed E-state index contributed by atoms with van der Waals surface area (Å²) in [6, 6.07) is 0. The molecule has 0 aromatic heterocycles. The molecule has 1 unspecified atom stereocenters. The molecule has 2 N–H and O–H groups in total. The SMILES string of the molecule is C[C@H](CC[C-]=O)[C@H]1CC[C@H]2[C@H]3C(CC[C@]12C)[C@@]1(C)CC[C@@H](O)C[C@H]1C[C@@H]3O.[CH3-].[Os+2]. The minimum absolute atomic E-state index is 0. The maximum atomic E-state index is 11.2. The second-order valence-corrected chi connectivity index (χ2v) is 11.1. The molecule has 4 heteroatoms. The van der Waals surface area contributed by atoms with E-state index in [4.69, 9.17) is 0 Å². The summed E-state index contributed by atoms with van der Waals surface area (Å²) in [6.07, 6.45) is 12.1. The molecule has 10 atom stereocenters. The van der Waals surface area contributed by atoms with Gasteiger partial charge in [-0.2, -0.15) is 6.42 Å². The van der Waals surface area contributed by atoms with Crippen LogP contribution < -0.4 is 0 Å². The van der Waals surface area contributed by atoms with Gasteiger partial charge in [0.15, 0.2) is 0 Å².